The van der Waals surface area contributed by atoms with Crippen molar-refractivity contribution < 1.29 is 4.74 Å². The zero-order chi connectivity index (χ0) is 15.8. The number of ether oxygens (including phenoxy) is 1. The molecule has 0 spiro atoms. The van der Waals surface area contributed by atoms with Crippen LogP contribution in [0.5, 0.6) is 5.75 Å². The third kappa shape index (κ3) is 3.26. The van der Waals surface area contributed by atoms with Gasteiger partial charge in [-0.3, -0.25) is 0 Å². The molecule has 4 rings (SSSR count). The van der Waals surface area contributed by atoms with Crippen molar-refractivity contribution in [2.45, 2.75) is 26.0 Å². The average molecular weight is 438 g/mol. The molecule has 1 aromatic carbocycles. The van der Waals surface area contributed by atoms with Gasteiger partial charge in [-0.25, -0.2) is 9.67 Å². The van der Waals surface area contributed by atoms with E-state index in [2.05, 4.69) is 47.2 Å². The van der Waals surface area contributed by atoms with E-state index in [9.17, 15) is 0 Å². The molecule has 2 aromatic heterocycles. The molecule has 1 saturated carbocycles. The number of halogens is 2. The minimum Gasteiger partial charge on any atom is -0.486 e. The van der Waals surface area contributed by atoms with Crippen LogP contribution in [0.1, 0.15) is 18.5 Å². The monoisotopic (exact) mass is 436 g/mol. The first-order valence-corrected chi connectivity index (χ1v) is 9.05. The molecule has 0 N–H and O–H groups in total. The zero-order valence-electron chi connectivity index (χ0n) is 12.2. The number of nitrogens with zero attached hydrogens (tertiary/aromatic N) is 4. The predicted molar refractivity (Wildman–Crippen MR) is 94.2 cm³/mol. The van der Waals surface area contributed by atoms with Crippen LogP contribution in [0.2, 0.25) is 0 Å². The highest BCUT2D eigenvalue weighted by Crippen LogP contribution is 2.35. The number of hydrogen-bond acceptors (Lipinski definition) is 4. The maximum Gasteiger partial charge on any atom is 0.136 e. The molecule has 0 saturated heterocycles. The second-order valence-corrected chi connectivity index (χ2v) is 7.31. The normalized spacial score (nSPS) is 14.3. The Labute approximate surface area is 150 Å². The third-order valence-electron chi connectivity index (χ3n) is 3.87. The Morgan fingerprint density at radius 3 is 2.83 bits per heavy atom. The number of hydrogen-bond donors (Lipinski definition) is 0. The Morgan fingerprint density at radius 2 is 2.04 bits per heavy atom. The van der Waals surface area contributed by atoms with E-state index in [-0.39, 0.29) is 0 Å². The van der Waals surface area contributed by atoms with Gasteiger partial charge in [-0.2, -0.15) is 0 Å². The molecule has 1 aliphatic carbocycles. The highest BCUT2D eigenvalue weighted by Gasteiger charge is 2.23. The SMILES string of the molecule is Brc1cccc(COc2ccc3c(nnn3CC3CC3)c2Br)n1. The van der Waals surface area contributed by atoms with E-state index in [1.807, 2.05) is 35.0 Å². The van der Waals surface area contributed by atoms with Gasteiger partial charge in [0.15, 0.2) is 0 Å². The quantitative estimate of drug-likeness (QED) is 0.557. The Kier molecular flexibility index (Phi) is 4.07. The van der Waals surface area contributed by atoms with E-state index in [0.717, 1.165) is 44.0 Å². The van der Waals surface area contributed by atoms with Gasteiger partial charge in [-0.15, -0.1) is 5.10 Å². The fourth-order valence-electron chi connectivity index (χ4n) is 2.46. The van der Waals surface area contributed by atoms with Crippen LogP contribution in [0.4, 0.5) is 0 Å². The summed E-state index contributed by atoms with van der Waals surface area (Å²) < 4.78 is 9.51. The van der Waals surface area contributed by atoms with Crippen molar-refractivity contribution in [3.8, 4) is 5.75 Å². The van der Waals surface area contributed by atoms with Crippen LogP contribution in [0.3, 0.4) is 0 Å². The number of benzene rings is 1. The topological polar surface area (TPSA) is 52.8 Å². The molecular formula is C16H14Br2N4O. The van der Waals surface area contributed by atoms with Gasteiger partial charge in [0.1, 0.15) is 22.5 Å². The maximum atomic E-state index is 5.88. The zero-order valence-corrected chi connectivity index (χ0v) is 15.4. The lowest BCUT2D eigenvalue weighted by Crippen LogP contribution is -2.02. The lowest BCUT2D eigenvalue weighted by atomic mass is 10.3. The molecule has 23 heavy (non-hydrogen) atoms. The summed E-state index contributed by atoms with van der Waals surface area (Å²) in [4.78, 5) is 4.37. The Hall–Kier alpha value is -1.47. The molecule has 0 radical (unpaired) electrons. The highest BCUT2D eigenvalue weighted by molar-refractivity contribution is 9.11. The second kappa shape index (κ2) is 6.20. The van der Waals surface area contributed by atoms with Crippen molar-refractivity contribution >= 4 is 42.9 Å². The molecule has 3 aromatic rings. The molecule has 7 heteroatoms. The van der Waals surface area contributed by atoms with E-state index >= 15 is 0 Å². The lowest BCUT2D eigenvalue weighted by molar-refractivity contribution is 0.299. The minimum absolute atomic E-state index is 0.403. The first-order valence-electron chi connectivity index (χ1n) is 7.46. The van der Waals surface area contributed by atoms with Crippen molar-refractivity contribution in [1.29, 1.82) is 0 Å². The molecular weight excluding hydrogens is 424 g/mol. The molecule has 0 atom stereocenters. The van der Waals surface area contributed by atoms with Crippen LogP contribution < -0.4 is 4.74 Å². The number of aromatic nitrogens is 4. The molecule has 0 aliphatic heterocycles. The van der Waals surface area contributed by atoms with E-state index in [4.69, 9.17) is 4.74 Å². The molecule has 118 valence electrons. The summed E-state index contributed by atoms with van der Waals surface area (Å²) in [5.74, 6) is 1.51. The van der Waals surface area contributed by atoms with Crippen molar-refractivity contribution in [1.82, 2.24) is 20.0 Å². The van der Waals surface area contributed by atoms with Crippen LogP contribution in [-0.4, -0.2) is 20.0 Å². The van der Waals surface area contributed by atoms with Crippen LogP contribution >= 0.6 is 31.9 Å². The van der Waals surface area contributed by atoms with Gasteiger partial charge in [0.2, 0.25) is 0 Å². The summed E-state index contributed by atoms with van der Waals surface area (Å²) in [7, 11) is 0. The maximum absolute atomic E-state index is 5.88. The second-order valence-electron chi connectivity index (χ2n) is 5.70. The van der Waals surface area contributed by atoms with Crippen molar-refractivity contribution in [3.63, 3.8) is 0 Å². The van der Waals surface area contributed by atoms with Crippen LogP contribution in [0.15, 0.2) is 39.4 Å². The lowest BCUT2D eigenvalue weighted by Gasteiger charge is -2.08. The van der Waals surface area contributed by atoms with Crippen LogP contribution in [0.25, 0.3) is 11.0 Å². The molecule has 0 amide bonds. The minimum atomic E-state index is 0.403. The molecule has 2 heterocycles. The van der Waals surface area contributed by atoms with Gasteiger partial charge < -0.3 is 4.74 Å². The Bertz CT molecular complexity index is 860. The summed E-state index contributed by atoms with van der Waals surface area (Å²) in [5, 5.41) is 8.56. The first-order chi connectivity index (χ1) is 11.2. The van der Waals surface area contributed by atoms with Gasteiger partial charge in [-0.05, 0) is 74.9 Å². The summed E-state index contributed by atoms with van der Waals surface area (Å²) in [5.41, 5.74) is 2.74. The fraction of sp³-hybridized carbons (Fsp3) is 0.312. The number of fused-ring (bicyclic) bond motifs is 1. The van der Waals surface area contributed by atoms with Gasteiger partial charge >= 0.3 is 0 Å². The molecule has 5 nitrogen and oxygen atoms in total. The molecule has 0 bridgehead atoms. The van der Waals surface area contributed by atoms with E-state index < -0.39 is 0 Å². The summed E-state index contributed by atoms with van der Waals surface area (Å²) in [6.45, 7) is 1.35. The van der Waals surface area contributed by atoms with Crippen molar-refractivity contribution in [3.05, 3.63) is 45.1 Å². The van der Waals surface area contributed by atoms with E-state index in [1.165, 1.54) is 12.8 Å². The molecule has 0 unspecified atom stereocenters. The Balaban J connectivity index is 1.56. The van der Waals surface area contributed by atoms with E-state index in [0.29, 0.717) is 6.61 Å². The van der Waals surface area contributed by atoms with E-state index in [1.54, 1.807) is 0 Å². The van der Waals surface area contributed by atoms with Gasteiger partial charge in [0.25, 0.3) is 0 Å². The third-order valence-corrected chi connectivity index (χ3v) is 5.07. The van der Waals surface area contributed by atoms with Crippen LogP contribution in [0, 0.1) is 5.92 Å². The molecule has 1 fully saturated rings. The molecule has 1 aliphatic rings. The number of pyridine rings is 1. The van der Waals surface area contributed by atoms with Gasteiger partial charge in [-0.1, -0.05) is 11.3 Å². The summed E-state index contributed by atoms with van der Waals surface area (Å²) in [6, 6.07) is 9.74. The van der Waals surface area contributed by atoms with Gasteiger partial charge in [0, 0.05) is 6.54 Å². The predicted octanol–water partition coefficient (Wildman–Crippen LogP) is 4.34. The van der Waals surface area contributed by atoms with Crippen molar-refractivity contribution in [2.24, 2.45) is 5.92 Å². The average Bonchev–Trinajstić information content (AvgIpc) is 3.26. The largest absolute Gasteiger partial charge is 0.486 e. The fourth-order valence-corrected chi connectivity index (χ4v) is 3.37. The summed E-state index contributed by atoms with van der Waals surface area (Å²) in [6.07, 6.45) is 2.59. The Morgan fingerprint density at radius 1 is 1.17 bits per heavy atom. The first kappa shape index (κ1) is 15.1. The summed E-state index contributed by atoms with van der Waals surface area (Å²) >= 11 is 6.96. The highest BCUT2D eigenvalue weighted by atomic mass is 79.9. The van der Waals surface area contributed by atoms with Crippen molar-refractivity contribution in [2.75, 3.05) is 0 Å². The van der Waals surface area contributed by atoms with Crippen LogP contribution in [-0.2, 0) is 13.2 Å². The van der Waals surface area contributed by atoms with Gasteiger partial charge in [0.05, 0.1) is 15.7 Å². The smallest absolute Gasteiger partial charge is 0.136 e. The standard InChI is InChI=1S/C16H14Br2N4O/c17-14-3-1-2-11(19-14)9-23-13-7-6-12-16(15(13)18)20-21-22(12)8-10-4-5-10/h1-3,6-7,10H,4-5,8-9H2. The number of rotatable bonds is 5.